The topological polar surface area (TPSA) is 12.5 Å². The second-order valence-corrected chi connectivity index (χ2v) is 7.89. The number of rotatable bonds is 3. The highest BCUT2D eigenvalue weighted by molar-refractivity contribution is 5.89. The van der Waals surface area contributed by atoms with Crippen molar-refractivity contribution in [1.82, 2.24) is 4.90 Å². The highest BCUT2D eigenvalue weighted by Gasteiger charge is 2.34. The normalized spacial score (nSPS) is 17.5. The van der Waals surface area contributed by atoms with Crippen LogP contribution in [-0.4, -0.2) is 11.6 Å². The van der Waals surface area contributed by atoms with E-state index in [1.54, 1.807) is 0 Å². The molecule has 0 N–H and O–H groups in total. The van der Waals surface area contributed by atoms with Crippen LogP contribution >= 0.6 is 0 Å². The number of benzene rings is 4. The minimum Gasteiger partial charge on any atom is -0.478 e. The van der Waals surface area contributed by atoms with Crippen LogP contribution in [-0.2, 0) is 0 Å². The fourth-order valence-electron chi connectivity index (χ4n) is 4.52. The van der Waals surface area contributed by atoms with Crippen molar-refractivity contribution >= 4 is 10.8 Å². The van der Waals surface area contributed by atoms with Crippen LogP contribution in [0.25, 0.3) is 10.8 Å². The summed E-state index contributed by atoms with van der Waals surface area (Å²) < 4.78 is 6.29. The second-order valence-electron chi connectivity index (χ2n) is 7.89. The zero-order chi connectivity index (χ0) is 19.8. The minimum atomic E-state index is 0.139. The molecule has 0 spiro atoms. The first-order chi connectivity index (χ1) is 14.2. The van der Waals surface area contributed by atoms with Crippen molar-refractivity contribution in [2.75, 3.05) is 6.73 Å². The Morgan fingerprint density at radius 2 is 1.66 bits per heavy atom. The average molecular weight is 380 g/mol. The summed E-state index contributed by atoms with van der Waals surface area (Å²) in [5.74, 6) is 0.992. The van der Waals surface area contributed by atoms with E-state index in [-0.39, 0.29) is 12.1 Å². The van der Waals surface area contributed by atoms with Crippen LogP contribution in [0.2, 0.25) is 0 Å². The van der Waals surface area contributed by atoms with E-state index in [9.17, 15) is 0 Å². The fourth-order valence-corrected chi connectivity index (χ4v) is 4.52. The van der Waals surface area contributed by atoms with E-state index in [4.69, 9.17) is 4.74 Å². The van der Waals surface area contributed by atoms with Crippen molar-refractivity contribution in [2.24, 2.45) is 0 Å². The lowest BCUT2D eigenvalue weighted by molar-refractivity contribution is 0.0411. The number of hydrogen-bond acceptors (Lipinski definition) is 2. The molecule has 0 fully saturated rings. The summed E-state index contributed by atoms with van der Waals surface area (Å²) in [4.78, 5) is 2.47. The Bertz CT molecular complexity index is 1150. The van der Waals surface area contributed by atoms with Crippen molar-refractivity contribution in [1.29, 1.82) is 0 Å². The van der Waals surface area contributed by atoms with Crippen LogP contribution in [0.1, 0.15) is 41.3 Å². The first-order valence-electron chi connectivity index (χ1n) is 10.2. The lowest BCUT2D eigenvalue weighted by Gasteiger charge is -2.41. The number of aryl methyl sites for hydroxylation is 1. The molecule has 4 aromatic carbocycles. The van der Waals surface area contributed by atoms with Gasteiger partial charge < -0.3 is 4.74 Å². The van der Waals surface area contributed by atoms with E-state index in [1.165, 1.54) is 33.0 Å². The molecule has 29 heavy (non-hydrogen) atoms. The summed E-state index contributed by atoms with van der Waals surface area (Å²) >= 11 is 0. The smallest absolute Gasteiger partial charge is 0.143 e. The molecule has 2 atom stereocenters. The molecular weight excluding hydrogens is 354 g/mol. The molecule has 0 aromatic heterocycles. The van der Waals surface area contributed by atoms with Crippen LogP contribution in [0.5, 0.6) is 5.75 Å². The highest BCUT2D eigenvalue weighted by atomic mass is 16.5. The standard InChI is InChI=1S/C27H25NO/c1-19-9-8-13-23(17-19)27-26-24-14-7-6-12-22(24)15-16-25(26)29-18-28(27)20(2)21-10-4-3-5-11-21/h3-17,20,27H,18H2,1-2H3/t20-,27-/m0/s1. The Kier molecular flexibility index (Phi) is 4.57. The van der Waals surface area contributed by atoms with Gasteiger partial charge in [-0.3, -0.25) is 4.90 Å². The first-order valence-corrected chi connectivity index (χ1v) is 10.2. The maximum absolute atomic E-state index is 6.29. The molecule has 0 radical (unpaired) electrons. The molecule has 0 aliphatic carbocycles. The molecule has 2 nitrogen and oxygen atoms in total. The molecule has 0 amide bonds. The Hall–Kier alpha value is -3.10. The Labute approximate surface area is 172 Å². The van der Waals surface area contributed by atoms with Gasteiger partial charge in [-0.1, -0.05) is 90.5 Å². The van der Waals surface area contributed by atoms with Crippen molar-refractivity contribution in [3.05, 3.63) is 113 Å². The largest absolute Gasteiger partial charge is 0.478 e. The number of hydrogen-bond donors (Lipinski definition) is 0. The van der Waals surface area contributed by atoms with Gasteiger partial charge in [0.1, 0.15) is 12.5 Å². The molecular formula is C27H25NO. The van der Waals surface area contributed by atoms with Crippen molar-refractivity contribution in [3.8, 4) is 5.75 Å². The van der Waals surface area contributed by atoms with E-state index in [0.717, 1.165) is 5.75 Å². The van der Waals surface area contributed by atoms with E-state index < -0.39 is 0 Å². The van der Waals surface area contributed by atoms with Crippen molar-refractivity contribution < 1.29 is 4.74 Å². The molecule has 0 saturated carbocycles. The van der Waals surface area contributed by atoms with Gasteiger partial charge in [0.2, 0.25) is 0 Å². The van der Waals surface area contributed by atoms with Gasteiger partial charge in [0.05, 0.1) is 6.04 Å². The number of nitrogens with zero attached hydrogens (tertiary/aromatic N) is 1. The maximum Gasteiger partial charge on any atom is 0.143 e. The molecule has 1 aliphatic heterocycles. The molecule has 0 bridgehead atoms. The lowest BCUT2D eigenvalue weighted by Crippen LogP contribution is -2.39. The first kappa shape index (κ1) is 18.0. The zero-order valence-corrected chi connectivity index (χ0v) is 16.9. The summed E-state index contributed by atoms with van der Waals surface area (Å²) in [5.41, 5.74) is 5.16. The molecule has 0 saturated heterocycles. The van der Waals surface area contributed by atoms with Gasteiger partial charge in [-0.25, -0.2) is 0 Å². The molecule has 0 unspecified atom stereocenters. The van der Waals surface area contributed by atoms with Gasteiger partial charge in [0.15, 0.2) is 0 Å². The van der Waals surface area contributed by atoms with Crippen molar-refractivity contribution in [3.63, 3.8) is 0 Å². The molecule has 5 rings (SSSR count). The second kappa shape index (κ2) is 7.38. The monoisotopic (exact) mass is 379 g/mol. The van der Waals surface area contributed by atoms with Crippen LogP contribution in [0.4, 0.5) is 0 Å². The summed E-state index contributed by atoms with van der Waals surface area (Å²) in [7, 11) is 0. The third kappa shape index (κ3) is 3.20. The molecule has 4 aromatic rings. The summed E-state index contributed by atoms with van der Waals surface area (Å²) in [6.45, 7) is 5.01. The predicted octanol–water partition coefficient (Wildman–Crippen LogP) is 6.65. The van der Waals surface area contributed by atoms with Gasteiger partial charge in [-0.15, -0.1) is 0 Å². The van der Waals surface area contributed by atoms with E-state index in [1.807, 2.05) is 0 Å². The van der Waals surface area contributed by atoms with Gasteiger partial charge in [0.25, 0.3) is 0 Å². The summed E-state index contributed by atoms with van der Waals surface area (Å²) in [5, 5.41) is 2.52. The quantitative estimate of drug-likeness (QED) is 0.395. The SMILES string of the molecule is Cc1cccc([C@H]2c3c(ccc4ccccc34)OCN2[C@@H](C)c2ccccc2)c1. The molecule has 1 heterocycles. The van der Waals surface area contributed by atoms with Gasteiger partial charge in [-0.2, -0.15) is 0 Å². The van der Waals surface area contributed by atoms with Crippen LogP contribution in [0.15, 0.2) is 91.0 Å². The maximum atomic E-state index is 6.29. The van der Waals surface area contributed by atoms with Gasteiger partial charge in [0, 0.05) is 11.6 Å². The molecule has 144 valence electrons. The van der Waals surface area contributed by atoms with Crippen LogP contribution < -0.4 is 4.74 Å². The Morgan fingerprint density at radius 3 is 2.48 bits per heavy atom. The van der Waals surface area contributed by atoms with E-state index >= 15 is 0 Å². The molecule has 1 aliphatic rings. The summed E-state index contributed by atoms with van der Waals surface area (Å²) in [6.07, 6.45) is 0. The fraction of sp³-hybridized carbons (Fsp3) is 0.185. The Morgan fingerprint density at radius 1 is 0.862 bits per heavy atom. The Balaban J connectivity index is 1.72. The zero-order valence-electron chi connectivity index (χ0n) is 16.9. The number of fused-ring (bicyclic) bond motifs is 3. The molecule has 2 heteroatoms. The van der Waals surface area contributed by atoms with Crippen LogP contribution in [0, 0.1) is 6.92 Å². The average Bonchev–Trinajstić information content (AvgIpc) is 2.78. The summed E-state index contributed by atoms with van der Waals surface area (Å²) in [6, 6.07) is 32.9. The highest BCUT2D eigenvalue weighted by Crippen LogP contribution is 2.45. The third-order valence-corrected chi connectivity index (χ3v) is 6.04. The predicted molar refractivity (Wildman–Crippen MR) is 119 cm³/mol. The minimum absolute atomic E-state index is 0.139. The van der Waals surface area contributed by atoms with Crippen LogP contribution in [0.3, 0.4) is 0 Å². The van der Waals surface area contributed by atoms with E-state index in [0.29, 0.717) is 6.73 Å². The number of ether oxygens (including phenoxy) is 1. The van der Waals surface area contributed by atoms with Gasteiger partial charge in [-0.05, 0) is 41.8 Å². The van der Waals surface area contributed by atoms with Gasteiger partial charge >= 0.3 is 0 Å². The van der Waals surface area contributed by atoms with E-state index in [2.05, 4.69) is 110 Å². The van der Waals surface area contributed by atoms with Crippen molar-refractivity contribution in [2.45, 2.75) is 25.9 Å². The lowest BCUT2D eigenvalue weighted by atomic mass is 9.89. The third-order valence-electron chi connectivity index (χ3n) is 6.04.